The Balaban J connectivity index is 2.59. The van der Waals surface area contributed by atoms with Crippen molar-refractivity contribution in [2.24, 2.45) is 0 Å². The number of hydrogen-bond acceptors (Lipinski definition) is 3. The highest BCUT2D eigenvalue weighted by Gasteiger charge is 2.01. The first-order chi connectivity index (χ1) is 7.16. The van der Waals surface area contributed by atoms with Gasteiger partial charge in [-0.15, -0.1) is 0 Å². The van der Waals surface area contributed by atoms with E-state index >= 15 is 0 Å². The van der Waals surface area contributed by atoms with Crippen molar-refractivity contribution in [3.63, 3.8) is 0 Å². The lowest BCUT2D eigenvalue weighted by Gasteiger charge is -2.04. The van der Waals surface area contributed by atoms with E-state index in [1.165, 1.54) is 35.0 Å². The van der Waals surface area contributed by atoms with Gasteiger partial charge in [0.2, 0.25) is 0 Å². The molecule has 76 valence electrons. The van der Waals surface area contributed by atoms with Crippen molar-refractivity contribution in [2.75, 3.05) is 5.73 Å². The third kappa shape index (κ3) is 1.85. The molecule has 0 saturated carbocycles. The van der Waals surface area contributed by atoms with E-state index in [4.69, 9.17) is 5.73 Å². The minimum absolute atomic E-state index is 0.146. The van der Waals surface area contributed by atoms with Gasteiger partial charge in [0.25, 0.3) is 0 Å². The average molecular weight is 205 g/mol. The monoisotopic (exact) mass is 205 g/mol. The summed E-state index contributed by atoms with van der Waals surface area (Å²) in [5, 5.41) is 0. The van der Waals surface area contributed by atoms with Crippen LogP contribution in [0.3, 0.4) is 0 Å². The first-order valence-electron chi connectivity index (χ1n) is 4.28. The van der Waals surface area contributed by atoms with Gasteiger partial charge in [-0.3, -0.25) is 4.57 Å². The zero-order valence-corrected chi connectivity index (χ0v) is 7.72. The number of aromatic nitrogens is 2. The molecular formula is C10H8FN3O. The fourth-order valence-electron chi connectivity index (χ4n) is 1.24. The maximum Gasteiger partial charge on any atom is 0.354 e. The Morgan fingerprint density at radius 2 is 2.13 bits per heavy atom. The lowest BCUT2D eigenvalue weighted by Crippen LogP contribution is -2.21. The molecule has 0 atom stereocenters. The van der Waals surface area contributed by atoms with Crippen LogP contribution in [0.4, 0.5) is 10.2 Å². The molecule has 2 N–H and O–H groups in total. The van der Waals surface area contributed by atoms with Gasteiger partial charge in [-0.25, -0.2) is 9.18 Å². The second kappa shape index (κ2) is 3.53. The van der Waals surface area contributed by atoms with Crippen LogP contribution in [0.25, 0.3) is 5.69 Å². The predicted octanol–water partition coefficient (Wildman–Crippen LogP) is 0.954. The standard InChI is InChI=1S/C10H8FN3O/c11-7-2-1-3-8(6-7)14-5-4-9(12)13-10(14)15/h1-6H,(H2,12,13,15). The summed E-state index contributed by atoms with van der Waals surface area (Å²) in [4.78, 5) is 14.9. The molecule has 1 heterocycles. The minimum atomic E-state index is -0.527. The third-order valence-corrected chi connectivity index (χ3v) is 1.91. The van der Waals surface area contributed by atoms with Gasteiger partial charge >= 0.3 is 5.69 Å². The van der Waals surface area contributed by atoms with Crippen LogP contribution in [-0.2, 0) is 0 Å². The first-order valence-corrected chi connectivity index (χ1v) is 4.28. The zero-order chi connectivity index (χ0) is 10.8. The van der Waals surface area contributed by atoms with E-state index < -0.39 is 11.5 Å². The molecule has 15 heavy (non-hydrogen) atoms. The quantitative estimate of drug-likeness (QED) is 0.754. The molecule has 2 rings (SSSR count). The molecule has 1 aromatic carbocycles. The van der Waals surface area contributed by atoms with Crippen molar-refractivity contribution in [3.8, 4) is 5.69 Å². The van der Waals surface area contributed by atoms with E-state index in [9.17, 15) is 9.18 Å². The number of benzene rings is 1. The second-order valence-electron chi connectivity index (χ2n) is 2.98. The zero-order valence-electron chi connectivity index (χ0n) is 7.72. The third-order valence-electron chi connectivity index (χ3n) is 1.91. The lowest BCUT2D eigenvalue weighted by molar-refractivity contribution is 0.626. The molecule has 0 aliphatic rings. The summed E-state index contributed by atoms with van der Waals surface area (Å²) >= 11 is 0. The van der Waals surface area contributed by atoms with Crippen LogP contribution in [0, 0.1) is 5.82 Å². The first kappa shape index (κ1) is 9.39. The minimum Gasteiger partial charge on any atom is -0.383 e. The van der Waals surface area contributed by atoms with Crippen LogP contribution in [0.15, 0.2) is 41.3 Å². The fraction of sp³-hybridized carbons (Fsp3) is 0. The summed E-state index contributed by atoms with van der Waals surface area (Å²) in [5.41, 5.74) is 5.23. The maximum absolute atomic E-state index is 12.9. The van der Waals surface area contributed by atoms with Gasteiger partial charge in [-0.2, -0.15) is 4.98 Å². The molecule has 0 unspecified atom stereocenters. The van der Waals surface area contributed by atoms with Crippen molar-refractivity contribution in [1.29, 1.82) is 0 Å². The lowest BCUT2D eigenvalue weighted by atomic mass is 10.3. The van der Waals surface area contributed by atoms with Gasteiger partial charge < -0.3 is 5.73 Å². The molecule has 0 spiro atoms. The number of nitrogen functional groups attached to an aromatic ring is 1. The fourth-order valence-corrected chi connectivity index (χ4v) is 1.24. The number of nitrogens with two attached hydrogens (primary N) is 1. The Morgan fingerprint density at radius 1 is 1.33 bits per heavy atom. The van der Waals surface area contributed by atoms with Gasteiger partial charge in [0, 0.05) is 6.20 Å². The molecule has 4 nitrogen and oxygen atoms in total. The molecule has 0 radical (unpaired) electrons. The van der Waals surface area contributed by atoms with Crippen molar-refractivity contribution in [1.82, 2.24) is 9.55 Å². The Bertz CT molecular complexity index is 550. The van der Waals surface area contributed by atoms with Gasteiger partial charge in [-0.1, -0.05) is 6.07 Å². The van der Waals surface area contributed by atoms with Crippen molar-refractivity contribution in [2.45, 2.75) is 0 Å². The largest absolute Gasteiger partial charge is 0.383 e. The second-order valence-corrected chi connectivity index (χ2v) is 2.98. The Kier molecular flexibility index (Phi) is 2.21. The molecule has 0 fully saturated rings. The molecular weight excluding hydrogens is 197 g/mol. The van der Waals surface area contributed by atoms with Crippen molar-refractivity contribution >= 4 is 5.82 Å². The van der Waals surface area contributed by atoms with Gasteiger partial charge in [0.1, 0.15) is 11.6 Å². The van der Waals surface area contributed by atoms with Gasteiger partial charge in [-0.05, 0) is 24.3 Å². The molecule has 0 aliphatic heterocycles. The van der Waals surface area contributed by atoms with E-state index in [0.717, 1.165) is 0 Å². The van der Waals surface area contributed by atoms with Crippen LogP contribution < -0.4 is 11.4 Å². The topological polar surface area (TPSA) is 60.9 Å². The van der Waals surface area contributed by atoms with E-state index in [-0.39, 0.29) is 5.82 Å². The van der Waals surface area contributed by atoms with E-state index in [0.29, 0.717) is 5.69 Å². The van der Waals surface area contributed by atoms with Gasteiger partial charge in [0.05, 0.1) is 5.69 Å². The number of anilines is 1. The highest BCUT2D eigenvalue weighted by molar-refractivity contribution is 5.34. The Hall–Kier alpha value is -2.17. The summed E-state index contributed by atoms with van der Waals surface area (Å²) < 4.78 is 14.1. The number of rotatable bonds is 1. The molecule has 1 aromatic heterocycles. The highest BCUT2D eigenvalue weighted by Crippen LogP contribution is 2.07. The summed E-state index contributed by atoms with van der Waals surface area (Å²) in [6, 6.07) is 7.17. The highest BCUT2D eigenvalue weighted by atomic mass is 19.1. The van der Waals surface area contributed by atoms with Crippen LogP contribution in [0.1, 0.15) is 0 Å². The maximum atomic E-state index is 12.9. The summed E-state index contributed by atoms with van der Waals surface area (Å²) in [6.07, 6.45) is 1.46. The molecule has 5 heteroatoms. The van der Waals surface area contributed by atoms with Crippen LogP contribution in [0.2, 0.25) is 0 Å². The number of halogens is 1. The molecule has 0 bridgehead atoms. The SMILES string of the molecule is Nc1ccn(-c2cccc(F)c2)c(=O)n1. The molecule has 2 aromatic rings. The summed E-state index contributed by atoms with van der Waals surface area (Å²) in [5.74, 6) is -0.260. The predicted molar refractivity (Wildman–Crippen MR) is 54.2 cm³/mol. The number of nitrogens with zero attached hydrogens (tertiary/aromatic N) is 2. The van der Waals surface area contributed by atoms with Crippen molar-refractivity contribution < 1.29 is 4.39 Å². The van der Waals surface area contributed by atoms with Crippen LogP contribution in [0.5, 0.6) is 0 Å². The van der Waals surface area contributed by atoms with Gasteiger partial charge in [0.15, 0.2) is 0 Å². The average Bonchev–Trinajstić information content (AvgIpc) is 2.17. The summed E-state index contributed by atoms with van der Waals surface area (Å²) in [6.45, 7) is 0. The van der Waals surface area contributed by atoms with E-state index in [1.807, 2.05) is 0 Å². The Labute approximate surface area is 84.8 Å². The van der Waals surface area contributed by atoms with Crippen LogP contribution in [-0.4, -0.2) is 9.55 Å². The van der Waals surface area contributed by atoms with Crippen LogP contribution >= 0.6 is 0 Å². The van der Waals surface area contributed by atoms with E-state index in [1.54, 1.807) is 6.07 Å². The smallest absolute Gasteiger partial charge is 0.354 e. The number of hydrogen-bond donors (Lipinski definition) is 1. The molecule has 0 amide bonds. The molecule has 0 aliphatic carbocycles. The summed E-state index contributed by atoms with van der Waals surface area (Å²) in [7, 11) is 0. The molecule has 0 saturated heterocycles. The Morgan fingerprint density at radius 3 is 2.80 bits per heavy atom. The van der Waals surface area contributed by atoms with Crippen molar-refractivity contribution in [3.05, 3.63) is 52.8 Å². The van der Waals surface area contributed by atoms with E-state index in [2.05, 4.69) is 4.98 Å². The normalized spacial score (nSPS) is 10.2.